The van der Waals surface area contributed by atoms with E-state index >= 15 is 0 Å². The van der Waals surface area contributed by atoms with E-state index in [9.17, 15) is 9.59 Å². The molecule has 0 saturated carbocycles. The highest BCUT2D eigenvalue weighted by molar-refractivity contribution is 5.96. The maximum atomic E-state index is 12.4. The van der Waals surface area contributed by atoms with E-state index in [2.05, 4.69) is 22.2 Å². The van der Waals surface area contributed by atoms with E-state index in [4.69, 9.17) is 4.74 Å². The molecule has 0 aliphatic rings. The second kappa shape index (κ2) is 8.65. The number of ether oxygens (including phenoxy) is 1. The summed E-state index contributed by atoms with van der Waals surface area (Å²) in [4.78, 5) is 33.2. The lowest BCUT2D eigenvalue weighted by Crippen LogP contribution is -2.24. The second-order valence-electron chi connectivity index (χ2n) is 6.43. The third-order valence-electron chi connectivity index (χ3n) is 4.52. The summed E-state index contributed by atoms with van der Waals surface area (Å²) in [6.07, 6.45) is 3.47. The SMILES string of the molecule is CCCCNC(=O)c1cccc(-c2nc3cc(C(=O)OC)cnc3n2CC)c1. The summed E-state index contributed by atoms with van der Waals surface area (Å²) in [5.41, 5.74) is 3.06. The van der Waals surface area contributed by atoms with E-state index in [1.54, 1.807) is 12.1 Å². The van der Waals surface area contributed by atoms with E-state index in [-0.39, 0.29) is 5.91 Å². The van der Waals surface area contributed by atoms with Gasteiger partial charge in [-0.1, -0.05) is 25.5 Å². The van der Waals surface area contributed by atoms with Crippen LogP contribution in [0.25, 0.3) is 22.6 Å². The fourth-order valence-corrected chi connectivity index (χ4v) is 3.04. The minimum atomic E-state index is -0.451. The number of hydrogen-bond donors (Lipinski definition) is 1. The zero-order valence-corrected chi connectivity index (χ0v) is 16.4. The summed E-state index contributed by atoms with van der Waals surface area (Å²) in [5.74, 6) is 0.156. The lowest BCUT2D eigenvalue weighted by Gasteiger charge is -2.08. The molecule has 7 heteroatoms. The van der Waals surface area contributed by atoms with Gasteiger partial charge in [-0.05, 0) is 31.5 Å². The molecule has 7 nitrogen and oxygen atoms in total. The Morgan fingerprint density at radius 1 is 1.18 bits per heavy atom. The number of aromatic nitrogens is 3. The minimum absolute atomic E-state index is 0.0967. The summed E-state index contributed by atoms with van der Waals surface area (Å²) in [7, 11) is 1.33. The van der Waals surface area contributed by atoms with Crippen LogP contribution in [-0.4, -0.2) is 40.1 Å². The van der Waals surface area contributed by atoms with Crippen LogP contribution in [0.5, 0.6) is 0 Å². The minimum Gasteiger partial charge on any atom is -0.465 e. The summed E-state index contributed by atoms with van der Waals surface area (Å²) in [6, 6.07) is 9.05. The summed E-state index contributed by atoms with van der Waals surface area (Å²) in [5, 5.41) is 2.93. The van der Waals surface area contributed by atoms with Crippen molar-refractivity contribution in [3.63, 3.8) is 0 Å². The van der Waals surface area contributed by atoms with Crippen LogP contribution in [-0.2, 0) is 11.3 Å². The van der Waals surface area contributed by atoms with Crippen LogP contribution in [0, 0.1) is 0 Å². The number of carbonyl (C=O) groups is 2. The number of imidazole rings is 1. The Hall–Kier alpha value is -3.22. The van der Waals surface area contributed by atoms with Crippen molar-refractivity contribution in [2.24, 2.45) is 0 Å². The molecule has 0 aliphatic heterocycles. The molecule has 3 rings (SSSR count). The summed E-state index contributed by atoms with van der Waals surface area (Å²) >= 11 is 0. The van der Waals surface area contributed by atoms with Gasteiger partial charge in [0, 0.05) is 30.4 Å². The number of esters is 1. The Morgan fingerprint density at radius 2 is 2.00 bits per heavy atom. The number of nitrogens with one attached hydrogen (secondary N) is 1. The fraction of sp³-hybridized carbons (Fsp3) is 0.333. The van der Waals surface area contributed by atoms with E-state index < -0.39 is 5.97 Å². The molecule has 28 heavy (non-hydrogen) atoms. The molecule has 1 N–H and O–H groups in total. The molecule has 0 aliphatic carbocycles. The van der Waals surface area contributed by atoms with Crippen molar-refractivity contribution in [3.8, 4) is 11.4 Å². The van der Waals surface area contributed by atoms with Gasteiger partial charge in [-0.25, -0.2) is 14.8 Å². The van der Waals surface area contributed by atoms with Gasteiger partial charge in [0.25, 0.3) is 5.91 Å². The predicted molar refractivity (Wildman–Crippen MR) is 107 cm³/mol. The van der Waals surface area contributed by atoms with Crippen LogP contribution in [0.15, 0.2) is 36.5 Å². The normalized spacial score (nSPS) is 10.8. The predicted octanol–water partition coefficient (Wildman–Crippen LogP) is 3.43. The van der Waals surface area contributed by atoms with Gasteiger partial charge >= 0.3 is 5.97 Å². The quantitative estimate of drug-likeness (QED) is 0.501. The fourth-order valence-electron chi connectivity index (χ4n) is 3.04. The average Bonchev–Trinajstić information content (AvgIpc) is 3.11. The van der Waals surface area contributed by atoms with Crippen LogP contribution >= 0.6 is 0 Å². The molecule has 0 saturated heterocycles. The van der Waals surface area contributed by atoms with Gasteiger partial charge in [-0.3, -0.25) is 4.79 Å². The highest BCUT2D eigenvalue weighted by atomic mass is 16.5. The highest BCUT2D eigenvalue weighted by Crippen LogP contribution is 2.25. The molecule has 3 aromatic rings. The van der Waals surface area contributed by atoms with Gasteiger partial charge in [0.2, 0.25) is 0 Å². The van der Waals surface area contributed by atoms with Gasteiger partial charge in [-0.2, -0.15) is 0 Å². The Labute approximate surface area is 163 Å². The molecule has 0 atom stereocenters. The third kappa shape index (κ3) is 3.88. The van der Waals surface area contributed by atoms with E-state index in [0.29, 0.717) is 41.2 Å². The van der Waals surface area contributed by atoms with Crippen molar-refractivity contribution in [2.75, 3.05) is 13.7 Å². The smallest absolute Gasteiger partial charge is 0.339 e. The van der Waals surface area contributed by atoms with Crippen molar-refractivity contribution in [1.82, 2.24) is 19.9 Å². The summed E-state index contributed by atoms with van der Waals surface area (Å²) < 4.78 is 6.72. The lowest BCUT2D eigenvalue weighted by molar-refractivity contribution is 0.0600. The van der Waals surface area contributed by atoms with Gasteiger partial charge in [0.15, 0.2) is 5.65 Å². The van der Waals surface area contributed by atoms with Crippen molar-refractivity contribution in [1.29, 1.82) is 0 Å². The molecular formula is C21H24N4O3. The molecule has 2 heterocycles. The topological polar surface area (TPSA) is 86.1 Å². The van der Waals surface area contributed by atoms with Crippen molar-refractivity contribution < 1.29 is 14.3 Å². The summed E-state index contributed by atoms with van der Waals surface area (Å²) in [6.45, 7) is 5.40. The molecule has 2 aromatic heterocycles. The largest absolute Gasteiger partial charge is 0.465 e. The number of methoxy groups -OCH3 is 1. The van der Waals surface area contributed by atoms with E-state index in [0.717, 1.165) is 18.4 Å². The third-order valence-corrected chi connectivity index (χ3v) is 4.52. The van der Waals surface area contributed by atoms with Crippen LogP contribution in [0.3, 0.4) is 0 Å². The molecule has 0 spiro atoms. The number of fused-ring (bicyclic) bond motifs is 1. The standard InChI is InChI=1S/C21H24N4O3/c1-4-6-10-22-20(26)15-9-7-8-14(11-15)18-24-17-12-16(21(27)28-3)13-23-19(17)25(18)5-2/h7-9,11-13H,4-6,10H2,1-3H3,(H,22,26). The number of aryl methyl sites for hydroxylation is 1. The van der Waals surface area contributed by atoms with Crippen LogP contribution in [0.4, 0.5) is 0 Å². The molecule has 146 valence electrons. The van der Waals surface area contributed by atoms with Gasteiger partial charge < -0.3 is 14.6 Å². The first kappa shape index (κ1) is 19.5. The zero-order valence-electron chi connectivity index (χ0n) is 16.4. The number of nitrogens with zero attached hydrogens (tertiary/aromatic N) is 3. The number of amides is 1. The first-order valence-corrected chi connectivity index (χ1v) is 9.42. The van der Waals surface area contributed by atoms with Crippen molar-refractivity contribution in [2.45, 2.75) is 33.2 Å². The van der Waals surface area contributed by atoms with Crippen LogP contribution < -0.4 is 5.32 Å². The molecule has 0 radical (unpaired) electrons. The molecule has 0 bridgehead atoms. The lowest BCUT2D eigenvalue weighted by atomic mass is 10.1. The van der Waals surface area contributed by atoms with Crippen molar-refractivity contribution >= 4 is 23.0 Å². The van der Waals surface area contributed by atoms with Gasteiger partial charge in [-0.15, -0.1) is 0 Å². The average molecular weight is 380 g/mol. The first-order chi connectivity index (χ1) is 13.6. The Kier molecular flexibility index (Phi) is 6.03. The first-order valence-electron chi connectivity index (χ1n) is 9.42. The molecule has 0 unspecified atom stereocenters. The van der Waals surface area contributed by atoms with Crippen molar-refractivity contribution in [3.05, 3.63) is 47.7 Å². The molecule has 1 aromatic carbocycles. The monoisotopic (exact) mass is 380 g/mol. The number of carbonyl (C=O) groups excluding carboxylic acids is 2. The number of pyridine rings is 1. The maximum Gasteiger partial charge on any atom is 0.339 e. The second-order valence-corrected chi connectivity index (χ2v) is 6.43. The molecule has 1 amide bonds. The van der Waals surface area contributed by atoms with Crippen LogP contribution in [0.1, 0.15) is 47.4 Å². The van der Waals surface area contributed by atoms with Crippen LogP contribution in [0.2, 0.25) is 0 Å². The van der Waals surface area contributed by atoms with Gasteiger partial charge in [0.05, 0.1) is 12.7 Å². The highest BCUT2D eigenvalue weighted by Gasteiger charge is 2.16. The van der Waals surface area contributed by atoms with E-state index in [1.165, 1.54) is 13.3 Å². The van der Waals surface area contributed by atoms with E-state index in [1.807, 2.05) is 29.7 Å². The Bertz CT molecular complexity index is 1010. The Morgan fingerprint density at radius 3 is 2.71 bits per heavy atom. The maximum absolute atomic E-state index is 12.4. The number of unbranched alkanes of at least 4 members (excludes halogenated alkanes) is 1. The number of hydrogen-bond acceptors (Lipinski definition) is 5. The molecule has 0 fully saturated rings. The zero-order chi connectivity index (χ0) is 20.1. The Balaban J connectivity index is 1.99. The molecular weight excluding hydrogens is 356 g/mol. The number of benzene rings is 1. The van der Waals surface area contributed by atoms with Gasteiger partial charge in [0.1, 0.15) is 11.3 Å². The number of rotatable bonds is 7.